The highest BCUT2D eigenvalue weighted by Crippen LogP contribution is 2.21. The summed E-state index contributed by atoms with van der Waals surface area (Å²) in [6.07, 6.45) is 4.91. The fourth-order valence-electron chi connectivity index (χ4n) is 2.86. The smallest absolute Gasteiger partial charge is 0.290 e. The Morgan fingerprint density at radius 2 is 1.59 bits per heavy atom. The van der Waals surface area contributed by atoms with Crippen LogP contribution in [0.3, 0.4) is 0 Å². The Balaban J connectivity index is 0.000000941. The number of nitrogens with zero attached hydrogens (tertiary/aromatic N) is 3. The summed E-state index contributed by atoms with van der Waals surface area (Å²) in [5, 5.41) is 6.89. The zero-order valence-corrected chi connectivity index (χ0v) is 17.5. The van der Waals surface area contributed by atoms with Crippen molar-refractivity contribution in [3.63, 3.8) is 0 Å². The molecule has 2 aromatic carbocycles. The lowest BCUT2D eigenvalue weighted by Gasteiger charge is -2.11. The number of rotatable bonds is 6. The van der Waals surface area contributed by atoms with Gasteiger partial charge in [-0.05, 0) is 49.5 Å². The van der Waals surface area contributed by atoms with E-state index >= 15 is 0 Å². The van der Waals surface area contributed by atoms with E-state index in [0.29, 0.717) is 11.4 Å². The Hall–Kier alpha value is -2.97. The fourth-order valence-corrected chi connectivity index (χ4v) is 3.49. The largest absolute Gasteiger partial charge is 0.483 e. The predicted molar refractivity (Wildman–Crippen MR) is 112 cm³/mol. The molecular formula is C21H25N3O4S. The zero-order chi connectivity index (χ0) is 21.4. The molecule has 7 nitrogen and oxygen atoms in total. The van der Waals surface area contributed by atoms with Crippen molar-refractivity contribution in [2.45, 2.75) is 18.0 Å². The molecule has 0 atom stereocenters. The van der Waals surface area contributed by atoms with Crippen molar-refractivity contribution < 1.29 is 18.3 Å². The van der Waals surface area contributed by atoms with E-state index in [1.54, 1.807) is 30.5 Å². The van der Waals surface area contributed by atoms with Gasteiger partial charge in [-0.2, -0.15) is 0 Å². The first-order valence-corrected chi connectivity index (χ1v) is 10.8. The first-order chi connectivity index (χ1) is 13.7. The third-order valence-electron chi connectivity index (χ3n) is 4.13. The first-order valence-electron chi connectivity index (χ1n) is 8.86. The summed E-state index contributed by atoms with van der Waals surface area (Å²) in [7, 11) is 0.922. The van der Waals surface area contributed by atoms with Gasteiger partial charge in [0, 0.05) is 37.3 Å². The van der Waals surface area contributed by atoms with E-state index < -0.39 is 9.84 Å². The van der Waals surface area contributed by atoms with Crippen molar-refractivity contribution in [1.82, 2.24) is 14.5 Å². The molecule has 1 aromatic heterocycles. The highest BCUT2D eigenvalue weighted by Gasteiger charge is 2.10. The van der Waals surface area contributed by atoms with Gasteiger partial charge >= 0.3 is 0 Å². The standard InChI is InChI=1S/C20H23N3O2S.CH2O2/c1-22(2)14-16-4-6-17(7-5-16)15-23-13-12-21-20(23)18-8-10-19(11-9-18)26(3,24)25;2-1-3/h4-13H,14-15H2,1-3H3;1H,(H,2,3). The van der Waals surface area contributed by atoms with Gasteiger partial charge in [0.15, 0.2) is 9.84 Å². The average Bonchev–Trinajstić information content (AvgIpc) is 3.11. The van der Waals surface area contributed by atoms with E-state index in [-0.39, 0.29) is 6.47 Å². The van der Waals surface area contributed by atoms with Crippen molar-refractivity contribution in [2.24, 2.45) is 0 Å². The Morgan fingerprint density at radius 3 is 2.10 bits per heavy atom. The van der Waals surface area contributed by atoms with Crippen LogP contribution in [0.2, 0.25) is 0 Å². The minimum atomic E-state index is -3.19. The number of sulfone groups is 1. The van der Waals surface area contributed by atoms with Gasteiger partial charge in [0.25, 0.3) is 6.47 Å². The maximum absolute atomic E-state index is 11.6. The molecule has 1 N–H and O–H groups in total. The van der Waals surface area contributed by atoms with Crippen LogP contribution in [0.25, 0.3) is 11.4 Å². The second-order valence-electron chi connectivity index (χ2n) is 6.83. The molecule has 8 heteroatoms. The molecule has 0 amide bonds. The topological polar surface area (TPSA) is 92.5 Å². The van der Waals surface area contributed by atoms with Gasteiger partial charge in [0.05, 0.1) is 4.90 Å². The van der Waals surface area contributed by atoms with Gasteiger partial charge < -0.3 is 14.6 Å². The molecule has 0 aliphatic rings. The third kappa shape index (κ3) is 6.55. The van der Waals surface area contributed by atoms with Crippen LogP contribution in [0.5, 0.6) is 0 Å². The summed E-state index contributed by atoms with van der Waals surface area (Å²) in [6, 6.07) is 15.4. The summed E-state index contributed by atoms with van der Waals surface area (Å²) in [4.78, 5) is 15.3. The fraction of sp³-hybridized carbons (Fsp3) is 0.238. The molecular weight excluding hydrogens is 390 g/mol. The number of hydrogen-bond acceptors (Lipinski definition) is 5. The van der Waals surface area contributed by atoms with Crippen molar-refractivity contribution in [3.8, 4) is 11.4 Å². The van der Waals surface area contributed by atoms with Crippen LogP contribution in [0.1, 0.15) is 11.1 Å². The molecule has 0 aliphatic heterocycles. The molecule has 0 saturated heterocycles. The number of imidazole rings is 1. The van der Waals surface area contributed by atoms with Crippen molar-refractivity contribution in [1.29, 1.82) is 0 Å². The van der Waals surface area contributed by atoms with Gasteiger partial charge in [0.1, 0.15) is 5.82 Å². The molecule has 0 saturated carbocycles. The van der Waals surface area contributed by atoms with Crippen molar-refractivity contribution >= 4 is 16.3 Å². The summed E-state index contributed by atoms with van der Waals surface area (Å²) in [5.41, 5.74) is 3.37. The predicted octanol–water partition coefficient (Wildman–Crippen LogP) is 2.76. The molecule has 154 valence electrons. The zero-order valence-electron chi connectivity index (χ0n) is 16.7. The molecule has 1 heterocycles. The molecule has 0 spiro atoms. The number of aromatic nitrogens is 2. The Kier molecular flexibility index (Phi) is 7.69. The Morgan fingerprint density at radius 1 is 1.03 bits per heavy atom. The lowest BCUT2D eigenvalue weighted by Crippen LogP contribution is -2.10. The second-order valence-corrected chi connectivity index (χ2v) is 8.85. The molecule has 29 heavy (non-hydrogen) atoms. The number of hydrogen-bond donors (Lipinski definition) is 1. The van der Waals surface area contributed by atoms with Gasteiger partial charge in [-0.3, -0.25) is 4.79 Å². The first kappa shape index (κ1) is 22.3. The minimum absolute atomic E-state index is 0.250. The highest BCUT2D eigenvalue weighted by atomic mass is 32.2. The van der Waals surface area contributed by atoms with E-state index in [1.807, 2.05) is 6.20 Å². The molecule has 3 aromatic rings. The second kappa shape index (κ2) is 9.99. The van der Waals surface area contributed by atoms with Gasteiger partial charge in [-0.25, -0.2) is 13.4 Å². The summed E-state index contributed by atoms with van der Waals surface area (Å²) < 4.78 is 25.3. The van der Waals surface area contributed by atoms with Crippen LogP contribution < -0.4 is 0 Å². The lowest BCUT2D eigenvalue weighted by molar-refractivity contribution is -0.122. The molecule has 0 radical (unpaired) electrons. The highest BCUT2D eigenvalue weighted by molar-refractivity contribution is 7.90. The van der Waals surface area contributed by atoms with Crippen LogP contribution in [0.15, 0.2) is 65.8 Å². The lowest BCUT2D eigenvalue weighted by atomic mass is 10.1. The molecule has 0 aliphatic carbocycles. The van der Waals surface area contributed by atoms with Crippen LogP contribution in [0.4, 0.5) is 0 Å². The van der Waals surface area contributed by atoms with Crippen LogP contribution in [-0.4, -0.2) is 54.8 Å². The third-order valence-corrected chi connectivity index (χ3v) is 5.26. The van der Waals surface area contributed by atoms with E-state index in [4.69, 9.17) is 9.90 Å². The summed E-state index contributed by atoms with van der Waals surface area (Å²) in [6.45, 7) is 1.38. The van der Waals surface area contributed by atoms with E-state index in [0.717, 1.165) is 17.9 Å². The summed E-state index contributed by atoms with van der Waals surface area (Å²) >= 11 is 0. The van der Waals surface area contributed by atoms with Gasteiger partial charge in [-0.15, -0.1) is 0 Å². The van der Waals surface area contributed by atoms with E-state index in [9.17, 15) is 8.42 Å². The summed E-state index contributed by atoms with van der Waals surface area (Å²) in [5.74, 6) is 0.822. The number of carboxylic acid groups (broad SMARTS) is 1. The maximum atomic E-state index is 11.6. The van der Waals surface area contributed by atoms with Crippen LogP contribution in [0, 0.1) is 0 Å². The SMILES string of the molecule is CN(C)Cc1ccc(Cn2ccnc2-c2ccc(S(C)(=O)=O)cc2)cc1.O=CO. The maximum Gasteiger partial charge on any atom is 0.290 e. The molecule has 3 rings (SSSR count). The number of benzene rings is 2. The van der Waals surface area contributed by atoms with Gasteiger partial charge in [0.2, 0.25) is 0 Å². The van der Waals surface area contributed by atoms with Crippen molar-refractivity contribution in [2.75, 3.05) is 20.4 Å². The normalized spacial score (nSPS) is 11.0. The monoisotopic (exact) mass is 415 g/mol. The number of carbonyl (C=O) groups is 1. The molecule has 0 fully saturated rings. The Bertz CT molecular complexity index is 1020. The van der Waals surface area contributed by atoms with Gasteiger partial charge in [-0.1, -0.05) is 24.3 Å². The average molecular weight is 416 g/mol. The van der Waals surface area contributed by atoms with Crippen LogP contribution in [-0.2, 0) is 27.7 Å². The quantitative estimate of drug-likeness (QED) is 0.623. The van der Waals surface area contributed by atoms with E-state index in [1.165, 1.54) is 17.4 Å². The molecule has 0 unspecified atom stereocenters. The molecule has 0 bridgehead atoms. The Labute approximate surface area is 171 Å². The minimum Gasteiger partial charge on any atom is -0.483 e. The van der Waals surface area contributed by atoms with Crippen LogP contribution >= 0.6 is 0 Å². The van der Waals surface area contributed by atoms with E-state index in [2.05, 4.69) is 52.8 Å². The van der Waals surface area contributed by atoms with Crippen molar-refractivity contribution in [3.05, 3.63) is 72.1 Å².